The first-order chi connectivity index (χ1) is 26.3. The van der Waals surface area contributed by atoms with Gasteiger partial charge < -0.3 is 9.47 Å². The summed E-state index contributed by atoms with van der Waals surface area (Å²) in [4.78, 5) is 2.42. The van der Waals surface area contributed by atoms with Crippen molar-refractivity contribution in [3.8, 4) is 16.8 Å². The number of benzene rings is 9. The van der Waals surface area contributed by atoms with Gasteiger partial charge in [0.25, 0.3) is 0 Å². The Labute approximate surface area is 307 Å². The average molecular weight is 673 g/mol. The summed E-state index contributed by atoms with van der Waals surface area (Å²) in [5.74, 6) is 0. The van der Waals surface area contributed by atoms with Gasteiger partial charge in [-0.25, -0.2) is 0 Å². The van der Waals surface area contributed by atoms with Gasteiger partial charge in [0.05, 0.1) is 22.1 Å². The van der Waals surface area contributed by atoms with E-state index >= 15 is 0 Å². The Morgan fingerprint density at radius 2 is 0.962 bits per heavy atom. The van der Waals surface area contributed by atoms with Gasteiger partial charge in [-0.05, 0) is 104 Å². The Morgan fingerprint density at radius 3 is 1.68 bits per heavy atom. The van der Waals surface area contributed by atoms with Crippen LogP contribution in [0.5, 0.6) is 0 Å². The first kappa shape index (κ1) is 28.8. The third-order valence-corrected chi connectivity index (χ3v) is 11.9. The molecule has 1 spiro atoms. The van der Waals surface area contributed by atoms with Crippen molar-refractivity contribution in [1.82, 2.24) is 4.57 Å². The van der Waals surface area contributed by atoms with Crippen LogP contribution in [0.2, 0.25) is 0 Å². The largest absolute Gasteiger partial charge is 0.310 e. The number of rotatable bonds is 4. The summed E-state index contributed by atoms with van der Waals surface area (Å²) >= 11 is 0. The van der Waals surface area contributed by atoms with E-state index in [0.29, 0.717) is 0 Å². The van der Waals surface area contributed by atoms with Crippen LogP contribution in [0.1, 0.15) is 22.3 Å². The van der Waals surface area contributed by atoms with Crippen molar-refractivity contribution in [3.05, 3.63) is 216 Å². The fourth-order valence-corrected chi connectivity index (χ4v) is 9.93. The quantitative estimate of drug-likeness (QED) is 0.181. The molecular formula is C51H32N2. The van der Waals surface area contributed by atoms with E-state index in [1.54, 1.807) is 0 Å². The van der Waals surface area contributed by atoms with Crippen LogP contribution in [0, 0.1) is 0 Å². The molecule has 2 aliphatic carbocycles. The molecule has 53 heavy (non-hydrogen) atoms. The van der Waals surface area contributed by atoms with E-state index in [9.17, 15) is 0 Å². The van der Waals surface area contributed by atoms with Gasteiger partial charge in [-0.15, -0.1) is 0 Å². The molecule has 0 bridgehead atoms. The molecule has 1 heterocycles. The average Bonchev–Trinajstić information content (AvgIpc) is 3.72. The zero-order valence-corrected chi connectivity index (χ0v) is 28.9. The predicted octanol–water partition coefficient (Wildman–Crippen LogP) is 13.2. The molecule has 2 nitrogen and oxygen atoms in total. The Balaban J connectivity index is 1.28. The lowest BCUT2D eigenvalue weighted by Crippen LogP contribution is -2.30. The van der Waals surface area contributed by atoms with Gasteiger partial charge in [-0.1, -0.05) is 140 Å². The van der Waals surface area contributed by atoms with Crippen molar-refractivity contribution in [2.24, 2.45) is 0 Å². The molecule has 0 aliphatic heterocycles. The van der Waals surface area contributed by atoms with E-state index < -0.39 is 5.41 Å². The molecule has 2 aliphatic rings. The number of nitrogens with zero attached hydrogens (tertiary/aromatic N) is 2. The summed E-state index contributed by atoms with van der Waals surface area (Å²) < 4.78 is 2.51. The van der Waals surface area contributed by atoms with Gasteiger partial charge in [0.15, 0.2) is 0 Å². The molecule has 0 saturated heterocycles. The van der Waals surface area contributed by atoms with Gasteiger partial charge in [0, 0.05) is 33.2 Å². The van der Waals surface area contributed by atoms with E-state index in [2.05, 4.69) is 204 Å². The van der Waals surface area contributed by atoms with E-state index in [1.807, 2.05) is 0 Å². The van der Waals surface area contributed by atoms with E-state index in [0.717, 1.165) is 11.4 Å². The first-order valence-corrected chi connectivity index (χ1v) is 18.4. The predicted molar refractivity (Wildman–Crippen MR) is 221 cm³/mol. The third kappa shape index (κ3) is 3.67. The van der Waals surface area contributed by atoms with Crippen molar-refractivity contribution >= 4 is 60.4 Å². The minimum atomic E-state index is -0.481. The lowest BCUT2D eigenvalue weighted by atomic mass is 9.63. The van der Waals surface area contributed by atoms with E-state index in [-0.39, 0.29) is 0 Å². The molecule has 12 rings (SSSR count). The van der Waals surface area contributed by atoms with Gasteiger partial charge in [-0.2, -0.15) is 0 Å². The summed E-state index contributed by atoms with van der Waals surface area (Å²) in [6, 6.07) is 72.0. The highest BCUT2D eigenvalue weighted by Crippen LogP contribution is 2.63. The molecule has 0 atom stereocenters. The minimum Gasteiger partial charge on any atom is -0.310 e. The summed E-state index contributed by atoms with van der Waals surface area (Å²) in [7, 11) is 0. The molecule has 1 aromatic heterocycles. The van der Waals surface area contributed by atoms with Crippen molar-refractivity contribution in [3.63, 3.8) is 0 Å². The molecule has 0 N–H and O–H groups in total. The summed E-state index contributed by atoms with van der Waals surface area (Å²) in [5, 5.41) is 7.73. The molecule has 246 valence electrons. The van der Waals surface area contributed by atoms with Gasteiger partial charge in [0.2, 0.25) is 0 Å². The fourth-order valence-electron chi connectivity index (χ4n) is 9.93. The molecular weight excluding hydrogens is 641 g/mol. The maximum absolute atomic E-state index is 2.51. The molecule has 0 amide bonds. The summed E-state index contributed by atoms with van der Waals surface area (Å²) in [6.45, 7) is 0. The molecule has 0 unspecified atom stereocenters. The third-order valence-electron chi connectivity index (χ3n) is 11.9. The number of para-hydroxylation sites is 2. The topological polar surface area (TPSA) is 8.17 Å². The maximum Gasteiger partial charge on any atom is 0.0726 e. The van der Waals surface area contributed by atoms with Crippen LogP contribution in [-0.4, -0.2) is 4.57 Å². The van der Waals surface area contributed by atoms with Crippen LogP contribution in [-0.2, 0) is 5.41 Å². The number of aromatic nitrogens is 1. The molecule has 9 aromatic carbocycles. The van der Waals surface area contributed by atoms with Gasteiger partial charge >= 0.3 is 0 Å². The second kappa shape index (κ2) is 10.6. The Morgan fingerprint density at radius 1 is 0.377 bits per heavy atom. The molecule has 10 aromatic rings. The molecule has 0 saturated carbocycles. The second-order valence-corrected chi connectivity index (χ2v) is 14.4. The van der Waals surface area contributed by atoms with Crippen LogP contribution >= 0.6 is 0 Å². The van der Waals surface area contributed by atoms with Crippen molar-refractivity contribution in [1.29, 1.82) is 0 Å². The maximum atomic E-state index is 2.51. The van der Waals surface area contributed by atoms with Crippen molar-refractivity contribution in [2.75, 3.05) is 4.90 Å². The van der Waals surface area contributed by atoms with Crippen LogP contribution in [0.3, 0.4) is 0 Å². The SMILES string of the molecule is c1ccc(N(c2ccccc2)c2ccc3c4c2ccc2c4c4c(cccc4n2-c2ccc4ccccc4c2)C32c3ccccc3-c3ccccc32)cc1. The number of hydrogen-bond donors (Lipinski definition) is 0. The molecule has 2 heteroatoms. The normalized spacial score (nSPS) is 13.4. The smallest absolute Gasteiger partial charge is 0.0726 e. The van der Waals surface area contributed by atoms with Crippen LogP contribution in [0.25, 0.3) is 60.2 Å². The molecule has 0 fully saturated rings. The van der Waals surface area contributed by atoms with E-state index in [1.165, 1.54) is 88.1 Å². The summed E-state index contributed by atoms with van der Waals surface area (Å²) in [5.41, 5.74) is 14.6. The zero-order chi connectivity index (χ0) is 34.7. The van der Waals surface area contributed by atoms with Crippen molar-refractivity contribution < 1.29 is 0 Å². The van der Waals surface area contributed by atoms with Crippen LogP contribution in [0.4, 0.5) is 17.1 Å². The number of hydrogen-bond acceptors (Lipinski definition) is 1. The molecule has 0 radical (unpaired) electrons. The zero-order valence-electron chi connectivity index (χ0n) is 28.9. The Kier molecular flexibility index (Phi) is 5.73. The highest BCUT2D eigenvalue weighted by Gasteiger charge is 2.50. The minimum absolute atomic E-state index is 0.481. The van der Waals surface area contributed by atoms with Gasteiger partial charge in [0.1, 0.15) is 0 Å². The number of fused-ring (bicyclic) bond motifs is 8. The standard InChI is InChI=1S/C51H32N2/c1-3-16-35(17-4-1)52(36-18-5-2-6-19-36)45-31-29-44-48-40(45)28-30-47-50(48)49-43(51(44)41-22-11-9-20-38(41)39-21-10-12-23-42(39)51)24-13-25-46(49)53(47)37-27-26-33-14-7-8-15-34(33)32-37/h1-32H. The second-order valence-electron chi connectivity index (χ2n) is 14.4. The van der Waals surface area contributed by atoms with Crippen LogP contribution in [0.15, 0.2) is 194 Å². The Bertz CT molecular complexity index is 3030. The van der Waals surface area contributed by atoms with E-state index in [4.69, 9.17) is 0 Å². The highest BCUT2D eigenvalue weighted by atomic mass is 15.1. The lowest BCUT2D eigenvalue weighted by molar-refractivity contribution is 0.783. The van der Waals surface area contributed by atoms with Gasteiger partial charge in [-0.3, -0.25) is 0 Å². The van der Waals surface area contributed by atoms with Crippen molar-refractivity contribution in [2.45, 2.75) is 5.41 Å². The number of anilines is 3. The summed E-state index contributed by atoms with van der Waals surface area (Å²) in [6.07, 6.45) is 0. The van der Waals surface area contributed by atoms with Crippen LogP contribution < -0.4 is 4.90 Å². The Hall–Kier alpha value is -6.90. The lowest BCUT2D eigenvalue weighted by Gasteiger charge is -2.38. The highest BCUT2D eigenvalue weighted by molar-refractivity contribution is 6.28. The fraction of sp³-hybridized carbons (Fsp3) is 0.0196. The first-order valence-electron chi connectivity index (χ1n) is 18.4. The monoisotopic (exact) mass is 672 g/mol.